The van der Waals surface area contributed by atoms with Crippen LogP contribution in [0, 0.1) is 11.8 Å². The van der Waals surface area contributed by atoms with E-state index in [0.717, 1.165) is 138 Å². The molecule has 0 spiro atoms. The summed E-state index contributed by atoms with van der Waals surface area (Å²) in [5.41, 5.74) is 1.59. The Bertz CT molecular complexity index is 2700. The molecule has 1 aliphatic carbocycles. The highest BCUT2D eigenvalue weighted by atomic mass is 35.5. The monoisotopic (exact) mass is 1070 g/mol. The van der Waals surface area contributed by atoms with E-state index < -0.39 is 17.2 Å². The fourth-order valence-electron chi connectivity index (χ4n) is 12.2. The average molecular weight is 1080 g/mol. The number of carbonyl (C=O) groups is 5. The van der Waals surface area contributed by atoms with Crippen molar-refractivity contribution in [3.05, 3.63) is 88.8 Å². The number of aromatic amines is 1. The first kappa shape index (κ1) is 54.5. The van der Waals surface area contributed by atoms with Gasteiger partial charge in [-0.15, -0.1) is 0 Å². The molecule has 10 rings (SSSR count). The molecule has 18 nitrogen and oxygen atoms in total. The Labute approximate surface area is 458 Å². The highest BCUT2D eigenvalue weighted by Crippen LogP contribution is 2.36. The minimum absolute atomic E-state index is 0.101. The number of amides is 5. The lowest BCUT2D eigenvalue weighted by Gasteiger charge is -2.42. The first-order valence-corrected chi connectivity index (χ1v) is 28.8. The number of carbonyl (C=O) groups excluding carboxylic acids is 5. The van der Waals surface area contributed by atoms with E-state index >= 15 is 0 Å². The quantitative estimate of drug-likeness (QED) is 0.124. The Morgan fingerprint density at radius 3 is 2.21 bits per heavy atom. The first-order valence-electron chi connectivity index (χ1n) is 28.4. The number of aromatic nitrogens is 3. The van der Waals surface area contributed by atoms with E-state index in [0.29, 0.717) is 75.4 Å². The summed E-state index contributed by atoms with van der Waals surface area (Å²) in [4.78, 5) is 95.8. The molecular weight excluding hydrogens is 996 g/mol. The van der Waals surface area contributed by atoms with Crippen molar-refractivity contribution in [1.82, 2.24) is 55.0 Å². The minimum Gasteiger partial charge on any atom is -0.444 e. The van der Waals surface area contributed by atoms with Gasteiger partial charge in [0, 0.05) is 120 Å². The number of rotatable bonds is 15. The van der Waals surface area contributed by atoms with E-state index in [2.05, 4.69) is 62.2 Å². The maximum Gasteiger partial charge on any atom is 0.408 e. The molecule has 6 fully saturated rings. The van der Waals surface area contributed by atoms with Crippen molar-refractivity contribution >= 4 is 58.2 Å². The SMILES string of the molecule is CC(C)(C)OC(=O)NC1(C(=O)N[C@@H](CCN2CCN(C(=O)CN3CCC(CN4CCN(C(=O)c5cccc(C6CCCN(C(=O)C7CC7)C6)c5)CC4)CC3)CC2)c2ccc(Cl)cc2)CCN(c2ncnc3[nH]ccc23)CC1. The lowest BCUT2D eigenvalue weighted by atomic mass is 9.85. The van der Waals surface area contributed by atoms with Gasteiger partial charge < -0.3 is 40.0 Å². The van der Waals surface area contributed by atoms with Gasteiger partial charge in [0.25, 0.3) is 5.91 Å². The molecule has 19 heteroatoms. The maximum atomic E-state index is 14.7. The summed E-state index contributed by atoms with van der Waals surface area (Å²) in [6.45, 7) is 17.9. The summed E-state index contributed by atoms with van der Waals surface area (Å²) in [6.07, 6.45) is 10.2. The zero-order valence-corrected chi connectivity index (χ0v) is 46.2. The smallest absolute Gasteiger partial charge is 0.408 e. The van der Waals surface area contributed by atoms with Gasteiger partial charge in [0.2, 0.25) is 17.7 Å². The number of anilines is 1. The van der Waals surface area contributed by atoms with Gasteiger partial charge in [0.15, 0.2) is 0 Å². The van der Waals surface area contributed by atoms with Crippen molar-refractivity contribution in [3.63, 3.8) is 0 Å². The van der Waals surface area contributed by atoms with Gasteiger partial charge in [-0.25, -0.2) is 14.8 Å². The number of ether oxygens (including phenoxy) is 1. The summed E-state index contributed by atoms with van der Waals surface area (Å²) >= 11 is 6.34. The standard InChI is InChI=1S/C58H79ClN12O6/c1-57(2,3)77-56(76)64-58(19-26-69(27-20-58)52-48-15-21-60-51(48)61-40-62-52)55(75)63-49(42-11-13-47(59)14-12-42)18-25-65-28-32-68(33-29-65)50(72)39-66-23-16-41(17-24-66)37-67-30-34-70(35-31-67)54(74)45-7-4-6-44(36-45)46-8-5-22-71(38-46)53(73)43-9-10-43/h4,6-7,11-15,21,36,40-41,43,46,49H,5,8-10,16-20,22-35,37-39H2,1-3H3,(H,63,75)(H,64,76)(H,60,61,62)/t46?,49-/m0/s1. The van der Waals surface area contributed by atoms with Gasteiger partial charge in [0.05, 0.1) is 18.0 Å². The number of fused-ring (bicyclic) bond motifs is 1. The largest absolute Gasteiger partial charge is 0.444 e. The lowest BCUT2D eigenvalue weighted by Crippen LogP contribution is -2.64. The summed E-state index contributed by atoms with van der Waals surface area (Å²) in [5.74, 6) is 2.19. The number of nitrogens with zero attached hydrogens (tertiary/aromatic N) is 9. The third-order valence-corrected chi connectivity index (χ3v) is 17.2. The summed E-state index contributed by atoms with van der Waals surface area (Å²) in [6, 6.07) is 17.3. The second-order valence-electron chi connectivity index (χ2n) is 23.6. The van der Waals surface area contributed by atoms with Crippen LogP contribution in [0.15, 0.2) is 67.1 Å². The molecule has 5 amide bonds. The number of nitrogens with one attached hydrogen (secondary N) is 3. The topological polar surface area (TPSA) is 183 Å². The van der Waals surface area contributed by atoms with Crippen molar-refractivity contribution in [3.8, 4) is 0 Å². The second-order valence-corrected chi connectivity index (χ2v) is 24.0. The molecule has 77 heavy (non-hydrogen) atoms. The number of benzene rings is 2. The molecule has 5 saturated heterocycles. The molecular formula is C58H79ClN12O6. The molecule has 7 heterocycles. The van der Waals surface area contributed by atoms with Crippen molar-refractivity contribution < 1.29 is 28.7 Å². The van der Waals surface area contributed by atoms with Crippen LogP contribution < -0.4 is 15.5 Å². The third-order valence-electron chi connectivity index (χ3n) is 17.0. The summed E-state index contributed by atoms with van der Waals surface area (Å²) in [7, 11) is 0. The van der Waals surface area contributed by atoms with Crippen molar-refractivity contribution in [2.24, 2.45) is 11.8 Å². The molecule has 414 valence electrons. The van der Waals surface area contributed by atoms with Crippen LogP contribution in [0.25, 0.3) is 11.0 Å². The van der Waals surface area contributed by atoms with E-state index in [1.807, 2.05) is 58.5 Å². The van der Waals surface area contributed by atoms with E-state index in [9.17, 15) is 24.0 Å². The van der Waals surface area contributed by atoms with Crippen LogP contribution in [0.4, 0.5) is 10.6 Å². The van der Waals surface area contributed by atoms with Crippen molar-refractivity contribution in [2.75, 3.05) is 116 Å². The second kappa shape index (κ2) is 24.0. The molecule has 2 aromatic heterocycles. The number of piperazine rings is 2. The number of hydrogen-bond donors (Lipinski definition) is 3. The fourth-order valence-corrected chi connectivity index (χ4v) is 12.4. The van der Waals surface area contributed by atoms with E-state index in [1.54, 1.807) is 20.8 Å². The predicted molar refractivity (Wildman–Crippen MR) is 297 cm³/mol. The predicted octanol–water partition coefficient (Wildman–Crippen LogP) is 6.15. The number of likely N-dealkylation sites (tertiary alicyclic amines) is 2. The molecule has 1 saturated carbocycles. The molecule has 2 aromatic carbocycles. The summed E-state index contributed by atoms with van der Waals surface area (Å²) < 4.78 is 5.71. The number of H-pyrrole nitrogens is 1. The van der Waals surface area contributed by atoms with Crippen LogP contribution in [0.2, 0.25) is 5.02 Å². The third kappa shape index (κ3) is 13.7. The molecule has 1 unspecified atom stereocenters. The van der Waals surface area contributed by atoms with Gasteiger partial charge >= 0.3 is 6.09 Å². The van der Waals surface area contributed by atoms with Crippen molar-refractivity contribution in [1.29, 1.82) is 0 Å². The zero-order chi connectivity index (χ0) is 53.7. The molecule has 3 N–H and O–H groups in total. The van der Waals surface area contributed by atoms with Crippen LogP contribution in [-0.4, -0.2) is 196 Å². The molecule has 4 aromatic rings. The van der Waals surface area contributed by atoms with E-state index in [-0.39, 0.29) is 35.6 Å². The normalized spacial score (nSPS) is 21.7. The zero-order valence-electron chi connectivity index (χ0n) is 45.4. The molecule has 0 bridgehead atoms. The Balaban J connectivity index is 0.661. The molecule has 0 radical (unpaired) electrons. The van der Waals surface area contributed by atoms with Gasteiger partial charge in [-0.2, -0.15) is 0 Å². The Hall–Kier alpha value is -5.82. The minimum atomic E-state index is -1.24. The Kier molecular flexibility index (Phi) is 17.0. The van der Waals surface area contributed by atoms with Crippen LogP contribution in [0.1, 0.15) is 112 Å². The highest BCUT2D eigenvalue weighted by Gasteiger charge is 2.45. The van der Waals surface area contributed by atoms with Gasteiger partial charge in [-0.1, -0.05) is 35.9 Å². The number of alkyl carbamates (subject to hydrolysis) is 1. The van der Waals surface area contributed by atoms with E-state index in [4.69, 9.17) is 16.3 Å². The van der Waals surface area contributed by atoms with Gasteiger partial charge in [0.1, 0.15) is 28.9 Å². The van der Waals surface area contributed by atoms with E-state index in [1.165, 1.54) is 11.9 Å². The fraction of sp³-hybridized carbons (Fsp3) is 0.603. The average Bonchev–Trinajstić information content (AvgIpc) is 4.19. The number of piperidine rings is 3. The molecule has 5 aliphatic heterocycles. The Morgan fingerprint density at radius 1 is 0.779 bits per heavy atom. The van der Waals surface area contributed by atoms with Crippen LogP contribution in [-0.2, 0) is 19.1 Å². The molecule has 2 atom stereocenters. The number of hydrogen-bond acceptors (Lipinski definition) is 12. The first-order chi connectivity index (χ1) is 37.1. The Morgan fingerprint density at radius 2 is 1.49 bits per heavy atom. The molecule has 6 aliphatic rings. The van der Waals surface area contributed by atoms with Crippen molar-refractivity contribution in [2.45, 2.75) is 102 Å². The lowest BCUT2D eigenvalue weighted by molar-refractivity contribution is -0.135. The maximum absolute atomic E-state index is 14.7. The number of halogens is 1. The highest BCUT2D eigenvalue weighted by molar-refractivity contribution is 6.30. The van der Waals surface area contributed by atoms with Gasteiger partial charge in [-0.05, 0) is 139 Å². The van der Waals surface area contributed by atoms with Gasteiger partial charge in [-0.3, -0.25) is 33.9 Å². The van der Waals surface area contributed by atoms with Crippen LogP contribution in [0.5, 0.6) is 0 Å². The van der Waals surface area contributed by atoms with Crippen LogP contribution >= 0.6 is 11.6 Å². The summed E-state index contributed by atoms with van der Waals surface area (Å²) in [5, 5.41) is 7.87. The van der Waals surface area contributed by atoms with Crippen LogP contribution in [0.3, 0.4) is 0 Å².